The van der Waals surface area contributed by atoms with E-state index in [9.17, 15) is 21.6 Å². The zero-order chi connectivity index (χ0) is 11.9. The quantitative estimate of drug-likeness (QED) is 0.644. The summed E-state index contributed by atoms with van der Waals surface area (Å²) < 4.78 is 59.1. The summed E-state index contributed by atoms with van der Waals surface area (Å²) in [5, 5.41) is 2.77. The average molecular weight is 248 g/mol. The minimum Gasteiger partial charge on any atom is -0.316 e. The molecule has 8 heteroatoms. The maximum absolute atomic E-state index is 11.7. The lowest BCUT2D eigenvalue weighted by molar-refractivity contribution is -0.132. The molecule has 0 rings (SSSR count). The molecular formula is C7H15F3N2O2S. The van der Waals surface area contributed by atoms with Gasteiger partial charge in [0, 0.05) is 13.1 Å². The van der Waals surface area contributed by atoms with Gasteiger partial charge in [0.1, 0.15) is 0 Å². The molecular weight excluding hydrogens is 233 g/mol. The lowest BCUT2D eigenvalue weighted by Gasteiger charge is -2.08. The Morgan fingerprint density at radius 2 is 1.80 bits per heavy atom. The highest BCUT2D eigenvalue weighted by Crippen LogP contribution is 2.18. The lowest BCUT2D eigenvalue weighted by atomic mass is 10.4. The van der Waals surface area contributed by atoms with E-state index in [-0.39, 0.29) is 12.3 Å². The number of hydrogen-bond acceptors (Lipinski definition) is 3. The van der Waals surface area contributed by atoms with Crippen LogP contribution in [-0.4, -0.2) is 40.0 Å². The van der Waals surface area contributed by atoms with Crippen molar-refractivity contribution in [1.82, 2.24) is 10.0 Å². The van der Waals surface area contributed by atoms with Gasteiger partial charge in [-0.25, -0.2) is 13.1 Å². The van der Waals surface area contributed by atoms with Crippen molar-refractivity contribution >= 4 is 10.0 Å². The second-order valence-corrected chi connectivity index (χ2v) is 4.86. The summed E-state index contributed by atoms with van der Waals surface area (Å²) in [7, 11) is -3.59. The van der Waals surface area contributed by atoms with Crippen molar-refractivity contribution in [3.63, 3.8) is 0 Å². The summed E-state index contributed by atoms with van der Waals surface area (Å²) in [6.45, 7) is 2.07. The zero-order valence-corrected chi connectivity index (χ0v) is 9.21. The first kappa shape index (κ1) is 14.7. The molecule has 15 heavy (non-hydrogen) atoms. The molecule has 0 bridgehead atoms. The molecule has 4 nitrogen and oxygen atoms in total. The van der Waals surface area contributed by atoms with Gasteiger partial charge in [0.25, 0.3) is 0 Å². The normalized spacial score (nSPS) is 13.1. The molecule has 0 aliphatic heterocycles. The smallest absolute Gasteiger partial charge is 0.316 e. The van der Waals surface area contributed by atoms with Crippen LogP contribution >= 0.6 is 0 Å². The molecule has 92 valence electrons. The monoisotopic (exact) mass is 248 g/mol. The Labute approximate surface area is 87.3 Å². The van der Waals surface area contributed by atoms with Crippen molar-refractivity contribution in [2.24, 2.45) is 0 Å². The molecule has 0 saturated heterocycles. The molecule has 0 heterocycles. The van der Waals surface area contributed by atoms with Crippen molar-refractivity contribution in [3.05, 3.63) is 0 Å². The Kier molecular flexibility index (Phi) is 6.15. The number of alkyl halides is 3. The number of sulfonamides is 1. The van der Waals surface area contributed by atoms with Crippen LogP contribution in [0.25, 0.3) is 0 Å². The summed E-state index contributed by atoms with van der Waals surface area (Å²) in [4.78, 5) is 0. The highest BCUT2D eigenvalue weighted by atomic mass is 32.2. The van der Waals surface area contributed by atoms with Gasteiger partial charge < -0.3 is 5.32 Å². The molecule has 0 aliphatic carbocycles. The molecule has 0 unspecified atom stereocenters. The van der Waals surface area contributed by atoms with Crippen LogP contribution in [0.15, 0.2) is 0 Å². The third-order valence-electron chi connectivity index (χ3n) is 1.53. The van der Waals surface area contributed by atoms with Crippen molar-refractivity contribution in [2.75, 3.05) is 25.4 Å². The van der Waals surface area contributed by atoms with Crippen molar-refractivity contribution in [3.8, 4) is 0 Å². The fraction of sp³-hybridized carbons (Fsp3) is 1.00. The molecule has 0 spiro atoms. The molecule has 0 aliphatic rings. The van der Waals surface area contributed by atoms with Gasteiger partial charge in [0.2, 0.25) is 10.0 Å². The van der Waals surface area contributed by atoms with Crippen molar-refractivity contribution in [2.45, 2.75) is 19.5 Å². The van der Waals surface area contributed by atoms with Crippen LogP contribution < -0.4 is 10.0 Å². The van der Waals surface area contributed by atoms with Crippen LogP contribution in [-0.2, 0) is 10.0 Å². The van der Waals surface area contributed by atoms with E-state index in [0.717, 1.165) is 0 Å². The average Bonchev–Trinajstić information content (AvgIpc) is 2.01. The predicted molar refractivity (Wildman–Crippen MR) is 51.0 cm³/mol. The molecule has 0 atom stereocenters. The molecule has 0 fully saturated rings. The first-order valence-electron chi connectivity index (χ1n) is 4.51. The van der Waals surface area contributed by atoms with Gasteiger partial charge in [-0.15, -0.1) is 0 Å². The first-order chi connectivity index (χ1) is 6.77. The van der Waals surface area contributed by atoms with Gasteiger partial charge in [0.05, 0.1) is 12.2 Å². The summed E-state index contributed by atoms with van der Waals surface area (Å²) in [5.74, 6) is -0.210. The molecule has 0 amide bonds. The van der Waals surface area contributed by atoms with Crippen LogP contribution in [0.1, 0.15) is 13.3 Å². The molecule has 0 aromatic carbocycles. The second kappa shape index (κ2) is 6.29. The summed E-state index contributed by atoms with van der Waals surface area (Å²) in [5.41, 5.74) is 0. The number of nitrogens with one attached hydrogen (secondary N) is 2. The Balaban J connectivity index is 3.75. The van der Waals surface area contributed by atoms with E-state index in [1.54, 1.807) is 0 Å². The molecule has 0 aromatic heterocycles. The van der Waals surface area contributed by atoms with Gasteiger partial charge >= 0.3 is 6.18 Å². The highest BCUT2D eigenvalue weighted by Gasteiger charge is 2.27. The van der Waals surface area contributed by atoms with Crippen LogP contribution in [0.4, 0.5) is 13.2 Å². The van der Waals surface area contributed by atoms with Crippen LogP contribution in [0.3, 0.4) is 0 Å². The topological polar surface area (TPSA) is 58.2 Å². The Morgan fingerprint density at radius 1 is 1.20 bits per heavy atom. The second-order valence-electron chi connectivity index (χ2n) is 2.93. The third kappa shape index (κ3) is 9.95. The van der Waals surface area contributed by atoms with E-state index in [1.807, 2.05) is 11.6 Å². The van der Waals surface area contributed by atoms with Crippen LogP contribution in [0.5, 0.6) is 0 Å². The molecule has 0 radical (unpaired) electrons. The summed E-state index contributed by atoms with van der Waals surface area (Å²) in [6.07, 6.45) is -5.47. The third-order valence-corrected chi connectivity index (χ3v) is 2.91. The standard InChI is InChI=1S/C7H15F3N2O2S/c1-2-11-5-6-15(13,14)12-4-3-7(8,9)10/h11-12H,2-6H2,1H3. The Hall–Kier alpha value is -0.340. The Bertz CT molecular complexity index is 264. The first-order valence-corrected chi connectivity index (χ1v) is 6.17. The number of hydrogen-bond donors (Lipinski definition) is 2. The zero-order valence-electron chi connectivity index (χ0n) is 8.39. The molecule has 2 N–H and O–H groups in total. The fourth-order valence-electron chi connectivity index (χ4n) is 0.804. The van der Waals surface area contributed by atoms with E-state index in [2.05, 4.69) is 5.32 Å². The lowest BCUT2D eigenvalue weighted by Crippen LogP contribution is -2.33. The largest absolute Gasteiger partial charge is 0.390 e. The van der Waals surface area contributed by atoms with Crippen LogP contribution in [0.2, 0.25) is 0 Å². The minimum absolute atomic E-state index is 0.210. The van der Waals surface area contributed by atoms with E-state index in [1.165, 1.54) is 0 Å². The minimum atomic E-state index is -4.33. The maximum atomic E-state index is 11.7. The highest BCUT2D eigenvalue weighted by molar-refractivity contribution is 7.89. The maximum Gasteiger partial charge on any atom is 0.390 e. The van der Waals surface area contributed by atoms with Crippen molar-refractivity contribution < 1.29 is 21.6 Å². The Morgan fingerprint density at radius 3 is 2.27 bits per heavy atom. The van der Waals surface area contributed by atoms with Gasteiger partial charge in [-0.2, -0.15) is 13.2 Å². The van der Waals surface area contributed by atoms with Crippen molar-refractivity contribution in [1.29, 1.82) is 0 Å². The van der Waals surface area contributed by atoms with Crippen LogP contribution in [0, 0.1) is 0 Å². The fourth-order valence-corrected chi connectivity index (χ4v) is 1.77. The van der Waals surface area contributed by atoms with E-state index < -0.39 is 29.2 Å². The molecule has 0 aromatic rings. The van der Waals surface area contributed by atoms with Gasteiger partial charge in [-0.05, 0) is 6.54 Å². The van der Waals surface area contributed by atoms with E-state index in [4.69, 9.17) is 0 Å². The van der Waals surface area contributed by atoms with Gasteiger partial charge in [-0.1, -0.05) is 6.92 Å². The van der Waals surface area contributed by atoms with Gasteiger partial charge in [0.15, 0.2) is 0 Å². The number of rotatable bonds is 7. The summed E-state index contributed by atoms with van der Waals surface area (Å²) >= 11 is 0. The van der Waals surface area contributed by atoms with E-state index >= 15 is 0 Å². The SMILES string of the molecule is CCNCCS(=O)(=O)NCCC(F)(F)F. The van der Waals surface area contributed by atoms with Gasteiger partial charge in [-0.3, -0.25) is 0 Å². The predicted octanol–water partition coefficient (Wildman–Crippen LogP) is 0.468. The summed E-state index contributed by atoms with van der Waals surface area (Å²) in [6, 6.07) is 0. The number of halogens is 3. The molecule has 0 saturated carbocycles. The van der Waals surface area contributed by atoms with E-state index in [0.29, 0.717) is 6.54 Å².